The number of carbonyl (C=O) groups is 3. The fourth-order valence-electron chi connectivity index (χ4n) is 6.81. The maximum atomic E-state index is 12.1. The molecule has 41 heavy (non-hydrogen) atoms. The third kappa shape index (κ3) is 14.8. The molecule has 0 N–H and O–H groups in total. The Morgan fingerprint density at radius 3 is 1.98 bits per heavy atom. The summed E-state index contributed by atoms with van der Waals surface area (Å²) < 4.78 is 0. The number of hydrogen-bond donors (Lipinski definition) is 0. The van der Waals surface area contributed by atoms with Crippen molar-refractivity contribution >= 4 is 17.3 Å². The Balaban J connectivity index is 0.000000580. The van der Waals surface area contributed by atoms with Gasteiger partial charge in [0.25, 0.3) is 0 Å². The van der Waals surface area contributed by atoms with Crippen LogP contribution >= 0.6 is 0 Å². The molecule has 0 aromatic heterocycles. The summed E-state index contributed by atoms with van der Waals surface area (Å²) >= 11 is 0. The van der Waals surface area contributed by atoms with Crippen molar-refractivity contribution in [1.82, 2.24) is 0 Å². The minimum atomic E-state index is 0.170. The van der Waals surface area contributed by atoms with Crippen LogP contribution in [-0.2, 0) is 27.2 Å². The second-order valence-corrected chi connectivity index (χ2v) is 12.8. The maximum absolute atomic E-state index is 12.1. The van der Waals surface area contributed by atoms with Crippen molar-refractivity contribution in [3.8, 4) is 0 Å². The van der Waals surface area contributed by atoms with Gasteiger partial charge in [-0.2, -0.15) is 0 Å². The Bertz CT molecular complexity index is 880. The summed E-state index contributed by atoms with van der Waals surface area (Å²) in [6.45, 7) is 14.0. The quantitative estimate of drug-likeness (QED) is 0.156. The highest BCUT2D eigenvalue weighted by Gasteiger charge is 2.25. The molecule has 3 atom stereocenters. The average Bonchev–Trinajstić information content (AvgIpc) is 2.96. The topological polar surface area (TPSA) is 51.2 Å². The van der Waals surface area contributed by atoms with Crippen molar-refractivity contribution in [1.29, 1.82) is 0 Å². The molecule has 2 rings (SSSR count). The van der Waals surface area contributed by atoms with Gasteiger partial charge in [0, 0.05) is 18.3 Å². The van der Waals surface area contributed by atoms with Gasteiger partial charge in [0.15, 0.2) is 0 Å². The molecule has 1 aromatic carbocycles. The van der Waals surface area contributed by atoms with Crippen molar-refractivity contribution < 1.29 is 14.4 Å². The lowest BCUT2D eigenvalue weighted by Crippen LogP contribution is -2.23. The summed E-state index contributed by atoms with van der Waals surface area (Å²) in [5.41, 5.74) is 4.25. The predicted molar refractivity (Wildman–Crippen MR) is 176 cm³/mol. The van der Waals surface area contributed by atoms with Crippen molar-refractivity contribution in [2.24, 2.45) is 17.8 Å². The lowest BCUT2D eigenvalue weighted by atomic mass is 9.77. The van der Waals surface area contributed by atoms with Crippen LogP contribution in [0.4, 0.5) is 0 Å². The van der Waals surface area contributed by atoms with Crippen LogP contribution in [-0.4, -0.2) is 17.3 Å². The minimum Gasteiger partial charge on any atom is -0.300 e. The molecule has 0 heterocycles. The molecule has 1 fully saturated rings. The first kappa shape index (κ1) is 37.3. The molecule has 3 heteroatoms. The molecule has 234 valence electrons. The summed E-state index contributed by atoms with van der Waals surface area (Å²) in [5.74, 6) is 2.91. The molecule has 0 aliphatic heterocycles. The first-order valence-corrected chi connectivity index (χ1v) is 17.3. The zero-order chi connectivity index (χ0) is 30.6. The SMILES string of the molecule is CCCCC(Cc1ccc(C(CC)CCCCCCC(C)=O)cc1CC)C(C)=O.CC[C@H](C(C)=O)C1CCCCC1. The summed E-state index contributed by atoms with van der Waals surface area (Å²) in [4.78, 5) is 34.4. The van der Waals surface area contributed by atoms with Crippen LogP contribution in [0.25, 0.3) is 0 Å². The standard InChI is InChI=1S/C27H44O2.C11H20O/c1-6-9-15-25(22(5)29)20-27-18-17-26(19-24(27)8-3)23(7-2)16-13-11-10-12-14-21(4)28;1-3-11(9(2)12)10-7-5-4-6-8-10/h17-19,23,25H,6-16,20H2,1-5H3;10-11H,3-8H2,1-2H3/t;11-/m.1/s1. The van der Waals surface area contributed by atoms with Crippen LogP contribution in [0.1, 0.15) is 174 Å². The number of Topliss-reactive ketones (excluding diaryl/α,β-unsaturated/α-hetero) is 3. The maximum Gasteiger partial charge on any atom is 0.133 e. The lowest BCUT2D eigenvalue weighted by molar-refractivity contribution is -0.123. The van der Waals surface area contributed by atoms with Crippen LogP contribution < -0.4 is 0 Å². The van der Waals surface area contributed by atoms with Gasteiger partial charge in [-0.1, -0.05) is 97.3 Å². The number of aryl methyl sites for hydroxylation is 1. The van der Waals surface area contributed by atoms with E-state index in [1.165, 1.54) is 80.9 Å². The summed E-state index contributed by atoms with van der Waals surface area (Å²) in [6.07, 6.45) is 20.7. The molecule has 1 aliphatic carbocycles. The van der Waals surface area contributed by atoms with Gasteiger partial charge in [-0.15, -0.1) is 0 Å². The van der Waals surface area contributed by atoms with Crippen LogP contribution in [0.15, 0.2) is 18.2 Å². The zero-order valence-corrected chi connectivity index (χ0v) is 28.0. The molecule has 1 saturated carbocycles. The van der Waals surface area contributed by atoms with Crippen molar-refractivity contribution in [3.63, 3.8) is 0 Å². The van der Waals surface area contributed by atoms with E-state index in [1.807, 2.05) is 0 Å². The molecule has 0 saturated heterocycles. The predicted octanol–water partition coefficient (Wildman–Crippen LogP) is 10.8. The molecular formula is C38H64O3. The third-order valence-electron chi connectivity index (χ3n) is 9.54. The smallest absolute Gasteiger partial charge is 0.133 e. The molecular weight excluding hydrogens is 504 g/mol. The Hall–Kier alpha value is -1.77. The van der Waals surface area contributed by atoms with Crippen molar-refractivity contribution in [3.05, 3.63) is 34.9 Å². The van der Waals surface area contributed by atoms with Gasteiger partial charge in [0.1, 0.15) is 17.3 Å². The molecule has 2 unspecified atom stereocenters. The van der Waals surface area contributed by atoms with Crippen LogP contribution in [0.5, 0.6) is 0 Å². The molecule has 0 bridgehead atoms. The third-order valence-corrected chi connectivity index (χ3v) is 9.54. The van der Waals surface area contributed by atoms with E-state index in [0.717, 1.165) is 51.4 Å². The lowest BCUT2D eigenvalue weighted by Gasteiger charge is -2.27. The number of benzene rings is 1. The van der Waals surface area contributed by atoms with Gasteiger partial charge < -0.3 is 4.79 Å². The number of hydrogen-bond acceptors (Lipinski definition) is 3. The van der Waals surface area contributed by atoms with E-state index in [0.29, 0.717) is 35.1 Å². The summed E-state index contributed by atoms with van der Waals surface area (Å²) in [5, 5.41) is 0. The van der Waals surface area contributed by atoms with Gasteiger partial charge in [-0.05, 0) is 107 Å². The van der Waals surface area contributed by atoms with Gasteiger partial charge >= 0.3 is 0 Å². The van der Waals surface area contributed by atoms with E-state index in [4.69, 9.17) is 0 Å². The van der Waals surface area contributed by atoms with Gasteiger partial charge in [-0.25, -0.2) is 0 Å². The number of ketones is 3. The average molecular weight is 569 g/mol. The molecule has 3 nitrogen and oxygen atoms in total. The van der Waals surface area contributed by atoms with Gasteiger partial charge in [0.05, 0.1) is 0 Å². The fraction of sp³-hybridized carbons (Fsp3) is 0.763. The van der Waals surface area contributed by atoms with Gasteiger partial charge in [-0.3, -0.25) is 9.59 Å². The van der Waals surface area contributed by atoms with Crippen molar-refractivity contribution in [2.45, 2.75) is 170 Å². The Morgan fingerprint density at radius 2 is 1.44 bits per heavy atom. The largest absolute Gasteiger partial charge is 0.300 e. The van der Waals surface area contributed by atoms with E-state index >= 15 is 0 Å². The molecule has 0 spiro atoms. The summed E-state index contributed by atoms with van der Waals surface area (Å²) in [6, 6.07) is 7.03. The molecule has 1 aliphatic rings. The summed E-state index contributed by atoms with van der Waals surface area (Å²) in [7, 11) is 0. The number of unbranched alkanes of at least 4 members (excludes halogenated alkanes) is 4. The molecule has 0 radical (unpaired) electrons. The van der Waals surface area contributed by atoms with E-state index in [1.54, 1.807) is 20.8 Å². The fourth-order valence-corrected chi connectivity index (χ4v) is 6.81. The minimum absolute atomic E-state index is 0.170. The Kier molecular flexibility index (Phi) is 19.9. The van der Waals surface area contributed by atoms with E-state index in [-0.39, 0.29) is 5.92 Å². The second-order valence-electron chi connectivity index (χ2n) is 12.8. The number of rotatable bonds is 19. The van der Waals surface area contributed by atoms with Crippen LogP contribution in [0, 0.1) is 17.8 Å². The Morgan fingerprint density at radius 1 is 0.756 bits per heavy atom. The van der Waals surface area contributed by atoms with Crippen LogP contribution in [0.2, 0.25) is 0 Å². The molecule has 0 amide bonds. The first-order valence-electron chi connectivity index (χ1n) is 17.3. The zero-order valence-electron chi connectivity index (χ0n) is 28.0. The van der Waals surface area contributed by atoms with E-state index in [2.05, 4.69) is 45.9 Å². The highest BCUT2D eigenvalue weighted by atomic mass is 16.1. The normalized spacial score (nSPS) is 15.9. The Labute approximate surface area is 254 Å². The van der Waals surface area contributed by atoms with Crippen LogP contribution in [0.3, 0.4) is 0 Å². The number of carbonyl (C=O) groups excluding carboxylic acids is 3. The second kappa shape index (κ2) is 21.9. The highest BCUT2D eigenvalue weighted by molar-refractivity contribution is 5.79. The first-order chi connectivity index (χ1) is 19.7. The monoisotopic (exact) mass is 568 g/mol. The van der Waals surface area contributed by atoms with Gasteiger partial charge in [0.2, 0.25) is 0 Å². The van der Waals surface area contributed by atoms with E-state index in [9.17, 15) is 14.4 Å². The van der Waals surface area contributed by atoms with Crippen molar-refractivity contribution in [2.75, 3.05) is 0 Å². The highest BCUT2D eigenvalue weighted by Crippen LogP contribution is 2.32. The van der Waals surface area contributed by atoms with E-state index < -0.39 is 0 Å². The molecule has 1 aromatic rings.